The van der Waals surface area contributed by atoms with Gasteiger partial charge in [-0.1, -0.05) is 17.7 Å². The molecule has 6 heteroatoms. The molecule has 0 aliphatic carbocycles. The first-order valence-corrected chi connectivity index (χ1v) is 4.49. The molecule has 2 aromatic rings. The first kappa shape index (κ1) is 9.67. The van der Waals surface area contributed by atoms with E-state index in [4.69, 9.17) is 11.6 Å². The van der Waals surface area contributed by atoms with Crippen LogP contribution in [-0.4, -0.2) is 14.5 Å². The summed E-state index contributed by atoms with van der Waals surface area (Å²) < 4.78 is 1.55. The average Bonchev–Trinajstić information content (AvgIpc) is 2.69. The Labute approximate surface area is 90.1 Å². The molecule has 0 N–H and O–H groups in total. The highest BCUT2D eigenvalue weighted by molar-refractivity contribution is 6.33. The Bertz CT molecular complexity index is 496. The van der Waals surface area contributed by atoms with Gasteiger partial charge in [-0.3, -0.25) is 10.1 Å². The molecule has 1 heterocycles. The number of aromatic nitrogens is 2. The molecule has 0 spiro atoms. The summed E-state index contributed by atoms with van der Waals surface area (Å²) in [5, 5.41) is 10.9. The Kier molecular flexibility index (Phi) is 2.39. The second-order valence-corrected chi connectivity index (χ2v) is 3.24. The van der Waals surface area contributed by atoms with Gasteiger partial charge in [0.1, 0.15) is 10.7 Å². The van der Waals surface area contributed by atoms with Crippen LogP contribution < -0.4 is 0 Å². The second kappa shape index (κ2) is 3.70. The highest BCUT2D eigenvalue weighted by atomic mass is 35.5. The van der Waals surface area contributed by atoms with Gasteiger partial charge in [-0.15, -0.1) is 0 Å². The van der Waals surface area contributed by atoms with E-state index in [9.17, 15) is 10.1 Å². The minimum atomic E-state index is -0.502. The molecule has 1 aromatic heterocycles. The quantitative estimate of drug-likeness (QED) is 0.580. The summed E-state index contributed by atoms with van der Waals surface area (Å²) in [6.45, 7) is 0. The third kappa shape index (κ3) is 1.69. The Morgan fingerprint density at radius 1 is 1.47 bits per heavy atom. The van der Waals surface area contributed by atoms with Gasteiger partial charge in [-0.2, -0.15) is 0 Å². The Morgan fingerprint density at radius 3 is 2.87 bits per heavy atom. The summed E-state index contributed by atoms with van der Waals surface area (Å²) in [6.07, 6.45) is 4.65. The molecule has 0 unspecified atom stereocenters. The van der Waals surface area contributed by atoms with Crippen LogP contribution in [0, 0.1) is 10.1 Å². The lowest BCUT2D eigenvalue weighted by Gasteiger charge is -2.03. The third-order valence-corrected chi connectivity index (χ3v) is 2.24. The van der Waals surface area contributed by atoms with E-state index in [1.807, 2.05) is 0 Å². The van der Waals surface area contributed by atoms with Gasteiger partial charge in [0, 0.05) is 12.4 Å². The van der Waals surface area contributed by atoms with E-state index in [2.05, 4.69) is 4.98 Å². The molecule has 5 nitrogen and oxygen atoms in total. The molecular weight excluding hydrogens is 218 g/mol. The molecule has 0 saturated carbocycles. The van der Waals surface area contributed by atoms with Gasteiger partial charge in [-0.25, -0.2) is 4.98 Å². The molecule has 76 valence electrons. The summed E-state index contributed by atoms with van der Waals surface area (Å²) in [5.41, 5.74) is 0.294. The molecule has 0 fully saturated rings. The van der Waals surface area contributed by atoms with Gasteiger partial charge in [0.25, 0.3) is 0 Å². The zero-order valence-corrected chi connectivity index (χ0v) is 8.26. The number of hydrogen-bond donors (Lipinski definition) is 0. The summed E-state index contributed by atoms with van der Waals surface area (Å²) in [7, 11) is 0. The molecule has 0 aliphatic rings. The molecule has 1 aromatic carbocycles. The van der Waals surface area contributed by atoms with Crippen molar-refractivity contribution in [2.45, 2.75) is 0 Å². The highest BCUT2D eigenvalue weighted by Crippen LogP contribution is 2.30. The first-order valence-electron chi connectivity index (χ1n) is 4.11. The number of benzene rings is 1. The van der Waals surface area contributed by atoms with Gasteiger partial charge in [-0.05, 0) is 12.1 Å². The number of nitro benzene ring substituents is 1. The van der Waals surface area contributed by atoms with Crippen LogP contribution >= 0.6 is 11.6 Å². The van der Waals surface area contributed by atoms with Crippen molar-refractivity contribution < 1.29 is 4.92 Å². The van der Waals surface area contributed by atoms with Crippen molar-refractivity contribution in [2.24, 2.45) is 0 Å². The first-order chi connectivity index (χ1) is 7.20. The summed E-state index contributed by atoms with van der Waals surface area (Å²) in [6, 6.07) is 4.76. The SMILES string of the molecule is O=[N+]([O-])c1c(Cl)cccc1-n1ccnc1. The van der Waals surface area contributed by atoms with Crippen molar-refractivity contribution in [1.82, 2.24) is 9.55 Å². The van der Waals surface area contributed by atoms with Gasteiger partial charge in [0.15, 0.2) is 0 Å². The van der Waals surface area contributed by atoms with E-state index in [-0.39, 0.29) is 10.7 Å². The van der Waals surface area contributed by atoms with Crippen molar-refractivity contribution in [2.75, 3.05) is 0 Å². The van der Waals surface area contributed by atoms with Gasteiger partial charge in [0.05, 0.1) is 11.3 Å². The molecule has 0 radical (unpaired) electrons. The number of halogens is 1. The number of imidazole rings is 1. The van der Waals surface area contributed by atoms with Gasteiger partial charge in [0.2, 0.25) is 0 Å². The van der Waals surface area contributed by atoms with E-state index in [0.717, 1.165) is 0 Å². The van der Waals surface area contributed by atoms with Crippen LogP contribution in [-0.2, 0) is 0 Å². The largest absolute Gasteiger partial charge is 0.311 e. The minimum Gasteiger partial charge on any atom is -0.300 e. The predicted octanol–water partition coefficient (Wildman–Crippen LogP) is 2.43. The van der Waals surface area contributed by atoms with Gasteiger partial charge >= 0.3 is 5.69 Å². The van der Waals surface area contributed by atoms with Crippen molar-refractivity contribution in [3.8, 4) is 5.69 Å². The normalized spacial score (nSPS) is 10.2. The molecule has 0 bridgehead atoms. The number of nitrogens with zero attached hydrogens (tertiary/aromatic N) is 3. The van der Waals surface area contributed by atoms with Crippen LogP contribution in [0.15, 0.2) is 36.9 Å². The zero-order chi connectivity index (χ0) is 10.8. The average molecular weight is 224 g/mol. The monoisotopic (exact) mass is 223 g/mol. The smallest absolute Gasteiger partial charge is 0.300 e. The van der Waals surface area contributed by atoms with Crippen molar-refractivity contribution >= 4 is 17.3 Å². The molecule has 0 aliphatic heterocycles. The number of nitro groups is 1. The van der Waals surface area contributed by atoms with E-state index in [1.165, 1.54) is 12.4 Å². The fraction of sp³-hybridized carbons (Fsp3) is 0. The zero-order valence-electron chi connectivity index (χ0n) is 7.50. The number of hydrogen-bond acceptors (Lipinski definition) is 3. The summed E-state index contributed by atoms with van der Waals surface area (Å²) >= 11 is 5.77. The van der Waals surface area contributed by atoms with Crippen molar-refractivity contribution in [1.29, 1.82) is 0 Å². The summed E-state index contributed by atoms with van der Waals surface area (Å²) in [5.74, 6) is 0. The molecule has 0 saturated heterocycles. The Balaban J connectivity index is 2.66. The lowest BCUT2D eigenvalue weighted by atomic mass is 10.2. The van der Waals surface area contributed by atoms with Crippen molar-refractivity contribution in [3.05, 3.63) is 52.1 Å². The molecular formula is C9H6ClN3O2. The maximum atomic E-state index is 10.8. The van der Waals surface area contributed by atoms with Crippen LogP contribution in [0.3, 0.4) is 0 Å². The van der Waals surface area contributed by atoms with Crippen LogP contribution in [0.1, 0.15) is 0 Å². The maximum absolute atomic E-state index is 10.8. The number of para-hydroxylation sites is 1. The molecule has 0 atom stereocenters. The maximum Gasteiger partial charge on any atom is 0.311 e. The number of rotatable bonds is 2. The van der Waals surface area contributed by atoms with Crippen LogP contribution in [0.4, 0.5) is 5.69 Å². The fourth-order valence-corrected chi connectivity index (χ4v) is 1.53. The lowest BCUT2D eigenvalue weighted by molar-refractivity contribution is -0.384. The van der Waals surface area contributed by atoms with Crippen molar-refractivity contribution in [3.63, 3.8) is 0 Å². The molecule has 2 rings (SSSR count). The second-order valence-electron chi connectivity index (χ2n) is 2.83. The van der Waals surface area contributed by atoms with E-state index in [1.54, 1.807) is 29.1 Å². The van der Waals surface area contributed by atoms with Crippen LogP contribution in [0.25, 0.3) is 5.69 Å². The predicted molar refractivity (Wildman–Crippen MR) is 55.2 cm³/mol. The van der Waals surface area contributed by atoms with E-state index < -0.39 is 4.92 Å². The standard InChI is InChI=1S/C9H6ClN3O2/c10-7-2-1-3-8(9(7)13(14)15)12-5-4-11-6-12/h1-6H. The van der Waals surface area contributed by atoms with E-state index in [0.29, 0.717) is 5.69 Å². The molecule has 15 heavy (non-hydrogen) atoms. The highest BCUT2D eigenvalue weighted by Gasteiger charge is 2.18. The Morgan fingerprint density at radius 2 is 2.27 bits per heavy atom. The van der Waals surface area contributed by atoms with Crippen LogP contribution in [0.2, 0.25) is 5.02 Å². The van der Waals surface area contributed by atoms with Gasteiger partial charge < -0.3 is 4.57 Å². The topological polar surface area (TPSA) is 61.0 Å². The third-order valence-electron chi connectivity index (χ3n) is 1.93. The molecule has 0 amide bonds. The Hall–Kier alpha value is -1.88. The summed E-state index contributed by atoms with van der Waals surface area (Å²) in [4.78, 5) is 14.1. The van der Waals surface area contributed by atoms with E-state index >= 15 is 0 Å². The minimum absolute atomic E-state index is 0.114. The van der Waals surface area contributed by atoms with Crippen LogP contribution in [0.5, 0.6) is 0 Å². The fourth-order valence-electron chi connectivity index (χ4n) is 1.29. The lowest BCUT2D eigenvalue weighted by Crippen LogP contribution is -1.98.